The van der Waals surface area contributed by atoms with Gasteiger partial charge in [0.05, 0.1) is 12.8 Å². The Kier molecular flexibility index (Phi) is 2.91. The molecule has 0 saturated heterocycles. The van der Waals surface area contributed by atoms with Crippen molar-refractivity contribution in [3.8, 4) is 0 Å². The first-order chi connectivity index (χ1) is 8.62. The average Bonchev–Trinajstić information content (AvgIpc) is 3.24. The van der Waals surface area contributed by atoms with E-state index in [0.717, 1.165) is 25.7 Å². The molecule has 18 heavy (non-hydrogen) atoms. The molecular weight excluding hydrogens is 254 g/mol. The van der Waals surface area contributed by atoms with Gasteiger partial charge in [0.1, 0.15) is 0 Å². The smallest absolute Gasteiger partial charge is 0.258 e. The van der Waals surface area contributed by atoms with Crippen LogP contribution in [0.15, 0.2) is 11.2 Å². The fourth-order valence-corrected chi connectivity index (χ4v) is 3.87. The molecule has 0 atom stereocenters. The largest absolute Gasteiger partial charge is 0.392 e. The van der Waals surface area contributed by atoms with Crippen LogP contribution in [0, 0.1) is 11.8 Å². The highest BCUT2D eigenvalue weighted by atomic mass is 32.2. The molecule has 6 nitrogen and oxygen atoms in total. The number of aromatic nitrogens is 2. The van der Waals surface area contributed by atoms with Crippen LogP contribution in [0.2, 0.25) is 0 Å². The van der Waals surface area contributed by atoms with Gasteiger partial charge in [-0.3, -0.25) is 5.10 Å². The van der Waals surface area contributed by atoms with Crippen LogP contribution >= 0.6 is 0 Å². The van der Waals surface area contributed by atoms with Crippen LogP contribution in [0.1, 0.15) is 31.2 Å². The van der Waals surface area contributed by atoms with E-state index in [1.54, 1.807) is 0 Å². The Morgan fingerprint density at radius 2 is 2.00 bits per heavy atom. The molecule has 0 bridgehead atoms. The number of sulfonamides is 1. The summed E-state index contributed by atoms with van der Waals surface area (Å²) in [4.78, 5) is 0. The highest BCUT2D eigenvalue weighted by molar-refractivity contribution is 7.89. The fourth-order valence-electron chi connectivity index (χ4n) is 2.37. The summed E-state index contributed by atoms with van der Waals surface area (Å²) in [6, 6.07) is 0.0600. The van der Waals surface area contributed by atoms with Gasteiger partial charge in [-0.05, 0) is 37.5 Å². The van der Waals surface area contributed by atoms with Crippen molar-refractivity contribution in [2.24, 2.45) is 11.8 Å². The summed E-state index contributed by atoms with van der Waals surface area (Å²) in [7, 11) is -3.60. The van der Waals surface area contributed by atoms with Gasteiger partial charge in [0.15, 0.2) is 5.03 Å². The third-order valence-corrected chi connectivity index (χ3v) is 5.14. The zero-order valence-electron chi connectivity index (χ0n) is 9.96. The Bertz CT molecular complexity index is 519. The second-order valence-electron chi connectivity index (χ2n) is 5.20. The lowest BCUT2D eigenvalue weighted by atomic mass is 10.1. The molecule has 1 aromatic heterocycles. The van der Waals surface area contributed by atoms with Crippen molar-refractivity contribution in [2.45, 2.75) is 43.4 Å². The molecule has 0 aromatic carbocycles. The minimum absolute atomic E-state index is 0.00343. The number of nitrogens with zero attached hydrogens (tertiary/aromatic N) is 1. The van der Waals surface area contributed by atoms with E-state index < -0.39 is 10.0 Å². The van der Waals surface area contributed by atoms with E-state index in [-0.39, 0.29) is 17.7 Å². The van der Waals surface area contributed by atoms with Crippen molar-refractivity contribution in [3.05, 3.63) is 11.8 Å². The maximum Gasteiger partial charge on any atom is 0.258 e. The predicted molar refractivity (Wildman–Crippen MR) is 64.1 cm³/mol. The first-order valence-corrected chi connectivity index (χ1v) is 7.75. The zero-order valence-corrected chi connectivity index (χ0v) is 10.8. The van der Waals surface area contributed by atoms with Gasteiger partial charge in [-0.25, -0.2) is 13.1 Å². The van der Waals surface area contributed by atoms with Gasteiger partial charge in [0, 0.05) is 11.6 Å². The first-order valence-electron chi connectivity index (χ1n) is 6.27. The standard InChI is InChI=1S/C11H17N3O3S/c15-6-9-5-12-13-11(9)18(16,17)14-10(7-1-2-7)8-3-4-8/h5,7-8,10,14-15H,1-4,6H2,(H,12,13). The van der Waals surface area contributed by atoms with Crippen LogP contribution < -0.4 is 4.72 Å². The Labute approximate surface area is 106 Å². The molecule has 2 saturated carbocycles. The summed E-state index contributed by atoms with van der Waals surface area (Å²) in [6.07, 6.45) is 5.79. The second kappa shape index (κ2) is 4.32. The van der Waals surface area contributed by atoms with E-state index in [0.29, 0.717) is 17.4 Å². The molecule has 0 unspecified atom stereocenters. The van der Waals surface area contributed by atoms with E-state index in [1.165, 1.54) is 6.20 Å². The van der Waals surface area contributed by atoms with Gasteiger partial charge in [-0.1, -0.05) is 0 Å². The van der Waals surface area contributed by atoms with Crippen molar-refractivity contribution < 1.29 is 13.5 Å². The lowest BCUT2D eigenvalue weighted by Crippen LogP contribution is -2.38. The highest BCUT2D eigenvalue weighted by Gasteiger charge is 2.43. The van der Waals surface area contributed by atoms with Crippen molar-refractivity contribution >= 4 is 10.0 Å². The minimum Gasteiger partial charge on any atom is -0.392 e. The Hall–Kier alpha value is -0.920. The number of hydrogen-bond acceptors (Lipinski definition) is 4. The topological polar surface area (TPSA) is 95.1 Å². The third-order valence-electron chi connectivity index (χ3n) is 3.67. The fraction of sp³-hybridized carbons (Fsp3) is 0.727. The zero-order chi connectivity index (χ0) is 12.8. The first kappa shape index (κ1) is 12.1. The summed E-state index contributed by atoms with van der Waals surface area (Å²) in [5.41, 5.74) is 0.313. The maximum absolute atomic E-state index is 12.3. The molecule has 0 amide bonds. The second-order valence-corrected chi connectivity index (χ2v) is 6.86. The third kappa shape index (κ3) is 2.30. The summed E-state index contributed by atoms with van der Waals surface area (Å²) < 4.78 is 27.3. The van der Waals surface area contributed by atoms with Crippen LogP contribution in [0.25, 0.3) is 0 Å². The molecule has 1 aromatic rings. The van der Waals surface area contributed by atoms with E-state index in [4.69, 9.17) is 5.11 Å². The molecule has 100 valence electrons. The SMILES string of the molecule is O=S(=O)(NC(C1CC1)C1CC1)c1[nH]ncc1CO. The summed E-state index contributed by atoms with van der Waals surface area (Å²) in [5, 5.41) is 15.2. The van der Waals surface area contributed by atoms with Crippen LogP contribution in [0.5, 0.6) is 0 Å². The average molecular weight is 271 g/mol. The van der Waals surface area contributed by atoms with Gasteiger partial charge < -0.3 is 5.11 Å². The molecule has 0 spiro atoms. The van der Waals surface area contributed by atoms with Crippen molar-refractivity contribution in [1.29, 1.82) is 0 Å². The monoisotopic (exact) mass is 271 g/mol. The normalized spacial score (nSPS) is 20.6. The van der Waals surface area contributed by atoms with Crippen molar-refractivity contribution in [3.63, 3.8) is 0 Å². The molecule has 1 heterocycles. The van der Waals surface area contributed by atoms with Crippen LogP contribution in [0.3, 0.4) is 0 Å². The Morgan fingerprint density at radius 3 is 2.50 bits per heavy atom. The Balaban J connectivity index is 1.81. The number of nitrogens with one attached hydrogen (secondary N) is 2. The van der Waals surface area contributed by atoms with E-state index in [9.17, 15) is 8.42 Å². The molecule has 3 N–H and O–H groups in total. The molecular formula is C11H17N3O3S. The molecule has 2 aliphatic rings. The van der Waals surface area contributed by atoms with E-state index in [1.807, 2.05) is 0 Å². The number of hydrogen-bond donors (Lipinski definition) is 3. The summed E-state index contributed by atoms with van der Waals surface area (Å²) in [6.45, 7) is -0.329. The van der Waals surface area contributed by atoms with Crippen LogP contribution in [-0.4, -0.2) is 29.8 Å². The number of aliphatic hydroxyl groups is 1. The van der Waals surface area contributed by atoms with Gasteiger partial charge in [-0.2, -0.15) is 5.10 Å². The lowest BCUT2D eigenvalue weighted by molar-refractivity contribution is 0.278. The molecule has 2 fully saturated rings. The van der Waals surface area contributed by atoms with E-state index in [2.05, 4.69) is 14.9 Å². The van der Waals surface area contributed by atoms with Crippen molar-refractivity contribution in [1.82, 2.24) is 14.9 Å². The molecule has 3 rings (SSSR count). The minimum atomic E-state index is -3.60. The van der Waals surface area contributed by atoms with Crippen molar-refractivity contribution in [2.75, 3.05) is 0 Å². The Morgan fingerprint density at radius 1 is 1.39 bits per heavy atom. The van der Waals surface area contributed by atoms with Gasteiger partial charge >= 0.3 is 0 Å². The number of H-pyrrole nitrogens is 1. The van der Waals surface area contributed by atoms with Gasteiger partial charge in [-0.15, -0.1) is 0 Å². The predicted octanol–water partition coefficient (Wildman–Crippen LogP) is 0.369. The molecule has 0 radical (unpaired) electrons. The van der Waals surface area contributed by atoms with Crippen LogP contribution in [-0.2, 0) is 16.6 Å². The maximum atomic E-state index is 12.3. The number of rotatable bonds is 6. The molecule has 7 heteroatoms. The van der Waals surface area contributed by atoms with E-state index >= 15 is 0 Å². The highest BCUT2D eigenvalue weighted by Crippen LogP contribution is 2.45. The number of aliphatic hydroxyl groups excluding tert-OH is 1. The summed E-state index contributed by atoms with van der Waals surface area (Å²) in [5.74, 6) is 0.987. The molecule has 0 aliphatic heterocycles. The lowest BCUT2D eigenvalue weighted by Gasteiger charge is -2.17. The quantitative estimate of drug-likeness (QED) is 0.696. The van der Waals surface area contributed by atoms with Crippen LogP contribution in [0.4, 0.5) is 0 Å². The van der Waals surface area contributed by atoms with Gasteiger partial charge in [0.25, 0.3) is 10.0 Å². The van der Waals surface area contributed by atoms with Gasteiger partial charge in [0.2, 0.25) is 0 Å². The number of aromatic amines is 1. The summed E-state index contributed by atoms with van der Waals surface area (Å²) >= 11 is 0. The molecule has 2 aliphatic carbocycles.